The molecule has 0 bridgehead atoms. The second-order valence-corrected chi connectivity index (χ2v) is 7.01. The molecule has 2 amide bonds. The molecule has 2 N–H and O–H groups in total. The van der Waals surface area contributed by atoms with Crippen molar-refractivity contribution in [2.24, 2.45) is 0 Å². The molecule has 0 spiro atoms. The van der Waals surface area contributed by atoms with Crippen LogP contribution >= 0.6 is 11.6 Å². The van der Waals surface area contributed by atoms with Gasteiger partial charge in [0, 0.05) is 35.7 Å². The highest BCUT2D eigenvalue weighted by molar-refractivity contribution is 6.30. The predicted octanol–water partition coefficient (Wildman–Crippen LogP) is 3.80. The van der Waals surface area contributed by atoms with E-state index >= 15 is 0 Å². The average molecular weight is 382 g/mol. The van der Waals surface area contributed by atoms with Gasteiger partial charge in [-0.05, 0) is 48.6 Å². The molecule has 1 atom stereocenters. The minimum atomic E-state index is -0.201. The van der Waals surface area contributed by atoms with Crippen molar-refractivity contribution in [1.82, 2.24) is 25.2 Å². The van der Waals surface area contributed by atoms with Crippen molar-refractivity contribution < 1.29 is 4.79 Å². The van der Waals surface area contributed by atoms with E-state index in [4.69, 9.17) is 11.6 Å². The Morgan fingerprint density at radius 1 is 1.30 bits per heavy atom. The van der Waals surface area contributed by atoms with E-state index in [1.165, 1.54) is 5.56 Å². The summed E-state index contributed by atoms with van der Waals surface area (Å²) in [6.07, 6.45) is 9.92. The fraction of sp³-hybridized carbons (Fsp3) is 0.250. The quantitative estimate of drug-likeness (QED) is 0.722. The first kappa shape index (κ1) is 17.5. The zero-order chi connectivity index (χ0) is 18.6. The van der Waals surface area contributed by atoms with Gasteiger partial charge in [0.2, 0.25) is 0 Å². The number of hydrogen-bond donors (Lipinski definition) is 2. The van der Waals surface area contributed by atoms with Gasteiger partial charge in [-0.25, -0.2) is 14.8 Å². The minimum absolute atomic E-state index is 0.0190. The summed E-state index contributed by atoms with van der Waals surface area (Å²) in [6.45, 7) is 0.377. The number of aryl methyl sites for hydroxylation is 1. The molecule has 6 nitrogen and oxygen atoms in total. The Labute approximate surface area is 162 Å². The third-order valence-electron chi connectivity index (χ3n) is 4.78. The molecule has 4 rings (SSSR count). The van der Waals surface area contributed by atoms with E-state index in [2.05, 4.69) is 26.7 Å². The molecule has 7 heteroatoms. The Hall–Kier alpha value is -2.86. The molecule has 0 aliphatic heterocycles. The van der Waals surface area contributed by atoms with Crippen LogP contribution in [-0.4, -0.2) is 20.6 Å². The molecule has 2 heterocycles. The standard InChI is InChI=1S/C20H20ClN5O/c21-16-7-6-14-3-1-5-18(17(14)11-16)25-20(27)24-12-15-4-2-8-23-19(15)26-10-9-22-13-26/h2,4,6-11,13,18H,1,3,5,12H2,(H2,24,25,27)/t18-/m1/s1. The van der Waals surface area contributed by atoms with Gasteiger partial charge in [0.1, 0.15) is 12.1 Å². The molecule has 0 radical (unpaired) electrons. The number of aromatic nitrogens is 3. The van der Waals surface area contributed by atoms with Crippen molar-refractivity contribution in [2.75, 3.05) is 0 Å². The maximum atomic E-state index is 12.5. The van der Waals surface area contributed by atoms with E-state index in [1.54, 1.807) is 18.7 Å². The molecule has 1 aliphatic rings. The highest BCUT2D eigenvalue weighted by Crippen LogP contribution is 2.31. The van der Waals surface area contributed by atoms with E-state index in [0.29, 0.717) is 11.6 Å². The lowest BCUT2D eigenvalue weighted by Gasteiger charge is -2.26. The van der Waals surface area contributed by atoms with Gasteiger partial charge in [0.05, 0.1) is 6.04 Å². The maximum Gasteiger partial charge on any atom is 0.315 e. The maximum absolute atomic E-state index is 12.5. The van der Waals surface area contributed by atoms with Gasteiger partial charge < -0.3 is 10.6 Å². The summed E-state index contributed by atoms with van der Waals surface area (Å²) in [5.74, 6) is 0.755. The van der Waals surface area contributed by atoms with E-state index in [-0.39, 0.29) is 12.1 Å². The normalized spacial score (nSPS) is 15.8. The first-order valence-electron chi connectivity index (χ1n) is 8.95. The number of rotatable bonds is 4. The number of hydrogen-bond acceptors (Lipinski definition) is 3. The van der Waals surface area contributed by atoms with Crippen molar-refractivity contribution in [3.63, 3.8) is 0 Å². The Balaban J connectivity index is 1.43. The Morgan fingerprint density at radius 2 is 2.22 bits per heavy atom. The van der Waals surface area contributed by atoms with Gasteiger partial charge >= 0.3 is 6.03 Å². The zero-order valence-electron chi connectivity index (χ0n) is 14.7. The molecule has 1 aliphatic carbocycles. The second-order valence-electron chi connectivity index (χ2n) is 6.57. The largest absolute Gasteiger partial charge is 0.334 e. The molecular weight excluding hydrogens is 362 g/mol. The van der Waals surface area contributed by atoms with Gasteiger partial charge in [-0.3, -0.25) is 4.57 Å². The number of pyridine rings is 1. The molecule has 0 unspecified atom stereocenters. The lowest BCUT2D eigenvalue weighted by atomic mass is 9.88. The summed E-state index contributed by atoms with van der Waals surface area (Å²) in [5, 5.41) is 6.71. The summed E-state index contributed by atoms with van der Waals surface area (Å²) >= 11 is 6.14. The van der Waals surface area contributed by atoms with Crippen LogP contribution < -0.4 is 10.6 Å². The van der Waals surface area contributed by atoms with E-state index in [9.17, 15) is 4.79 Å². The van der Waals surface area contributed by atoms with Crippen molar-refractivity contribution >= 4 is 17.6 Å². The Morgan fingerprint density at radius 3 is 3.07 bits per heavy atom. The number of carbonyl (C=O) groups is 1. The monoisotopic (exact) mass is 381 g/mol. The summed E-state index contributed by atoms with van der Waals surface area (Å²) in [6, 6.07) is 9.49. The topological polar surface area (TPSA) is 71.8 Å². The molecule has 2 aromatic heterocycles. The molecular formula is C20H20ClN5O. The van der Waals surface area contributed by atoms with Crippen molar-refractivity contribution in [1.29, 1.82) is 0 Å². The Kier molecular flexibility index (Phi) is 5.07. The first-order valence-corrected chi connectivity index (χ1v) is 9.33. The van der Waals surface area contributed by atoms with Crippen LogP contribution in [0.1, 0.15) is 35.6 Å². The number of nitrogens with zero attached hydrogens (tertiary/aromatic N) is 3. The van der Waals surface area contributed by atoms with Crippen LogP contribution in [0.2, 0.25) is 5.02 Å². The summed E-state index contributed by atoms with van der Waals surface area (Å²) in [5.41, 5.74) is 3.28. The summed E-state index contributed by atoms with van der Waals surface area (Å²) in [4.78, 5) is 20.9. The number of halogens is 1. The average Bonchev–Trinajstić information content (AvgIpc) is 3.22. The highest BCUT2D eigenvalue weighted by atomic mass is 35.5. The number of urea groups is 1. The smallest absolute Gasteiger partial charge is 0.315 e. The zero-order valence-corrected chi connectivity index (χ0v) is 15.5. The van der Waals surface area contributed by atoms with Gasteiger partial charge in [0.15, 0.2) is 0 Å². The molecule has 0 fully saturated rings. The first-order chi connectivity index (χ1) is 13.2. The lowest BCUT2D eigenvalue weighted by Crippen LogP contribution is -2.38. The van der Waals surface area contributed by atoms with Crippen LogP contribution in [0.3, 0.4) is 0 Å². The fourth-order valence-electron chi connectivity index (χ4n) is 3.49. The molecule has 0 saturated heterocycles. The van der Waals surface area contributed by atoms with E-state index in [0.717, 1.165) is 36.2 Å². The van der Waals surface area contributed by atoms with Gasteiger partial charge in [-0.1, -0.05) is 23.7 Å². The van der Waals surface area contributed by atoms with Crippen LogP contribution in [0.4, 0.5) is 4.79 Å². The van der Waals surface area contributed by atoms with Gasteiger partial charge in [-0.2, -0.15) is 0 Å². The lowest BCUT2D eigenvalue weighted by molar-refractivity contribution is 0.235. The summed E-state index contributed by atoms with van der Waals surface area (Å²) < 4.78 is 1.83. The Bertz CT molecular complexity index is 941. The van der Waals surface area contributed by atoms with Crippen LogP contribution in [0, 0.1) is 0 Å². The van der Waals surface area contributed by atoms with E-state index < -0.39 is 0 Å². The molecule has 27 heavy (non-hydrogen) atoms. The van der Waals surface area contributed by atoms with Gasteiger partial charge in [-0.15, -0.1) is 0 Å². The van der Waals surface area contributed by atoms with Gasteiger partial charge in [0.25, 0.3) is 0 Å². The summed E-state index contributed by atoms with van der Waals surface area (Å²) in [7, 11) is 0. The van der Waals surface area contributed by atoms with Crippen LogP contribution in [0.15, 0.2) is 55.2 Å². The van der Waals surface area contributed by atoms with Crippen molar-refractivity contribution in [3.05, 3.63) is 77.0 Å². The van der Waals surface area contributed by atoms with E-state index in [1.807, 2.05) is 35.0 Å². The molecule has 3 aromatic rings. The molecule has 138 valence electrons. The number of benzene rings is 1. The molecule has 0 saturated carbocycles. The van der Waals surface area contributed by atoms with Crippen molar-refractivity contribution in [2.45, 2.75) is 31.8 Å². The van der Waals surface area contributed by atoms with Crippen LogP contribution in [0.5, 0.6) is 0 Å². The highest BCUT2D eigenvalue weighted by Gasteiger charge is 2.22. The number of nitrogens with one attached hydrogen (secondary N) is 2. The minimum Gasteiger partial charge on any atom is -0.334 e. The van der Waals surface area contributed by atoms with Crippen molar-refractivity contribution in [3.8, 4) is 5.82 Å². The second kappa shape index (κ2) is 7.80. The fourth-order valence-corrected chi connectivity index (χ4v) is 3.67. The van der Waals surface area contributed by atoms with Crippen LogP contribution in [-0.2, 0) is 13.0 Å². The number of fused-ring (bicyclic) bond motifs is 1. The number of imidazole rings is 1. The van der Waals surface area contributed by atoms with Crippen LogP contribution in [0.25, 0.3) is 5.82 Å². The number of amides is 2. The third kappa shape index (κ3) is 3.95. The molecule has 1 aromatic carbocycles. The third-order valence-corrected chi connectivity index (χ3v) is 5.02. The SMILES string of the molecule is O=C(NCc1cccnc1-n1ccnc1)N[C@@H]1CCCc2ccc(Cl)cc21. The number of carbonyl (C=O) groups excluding carboxylic acids is 1. The predicted molar refractivity (Wildman–Crippen MR) is 104 cm³/mol.